The van der Waals surface area contributed by atoms with Gasteiger partial charge in [0.1, 0.15) is 0 Å². The first kappa shape index (κ1) is 11.2. The summed E-state index contributed by atoms with van der Waals surface area (Å²) >= 11 is 0. The summed E-state index contributed by atoms with van der Waals surface area (Å²) in [4.78, 5) is 0. The first-order valence-corrected chi connectivity index (χ1v) is 4.78. The molecule has 0 radical (unpaired) electrons. The molecule has 0 bridgehead atoms. The molecule has 0 aliphatic carbocycles. The normalized spacial score (nSPS) is 10.7. The lowest BCUT2D eigenvalue weighted by molar-refractivity contribution is -0.682. The summed E-state index contributed by atoms with van der Waals surface area (Å²) in [7, 11) is -2.29. The first-order valence-electron chi connectivity index (χ1n) is 4.78. The number of pyridine rings is 1. The summed E-state index contributed by atoms with van der Waals surface area (Å²) in [5, 5.41) is 0. The Bertz CT molecular complexity index is 313. The van der Waals surface area contributed by atoms with Crippen molar-refractivity contribution >= 4 is 7.27 Å². The third-order valence-corrected chi connectivity index (χ3v) is 2.23. The zero-order valence-electron chi connectivity index (χ0n) is 8.80. The van der Waals surface area contributed by atoms with Crippen LogP contribution in [0.3, 0.4) is 0 Å². The molecule has 0 fully saturated rings. The molecule has 0 aromatic carbocycles. The Morgan fingerprint density at radius 1 is 1.43 bits per heavy atom. The van der Waals surface area contributed by atoms with Crippen LogP contribution in [0, 0.1) is 6.92 Å². The molecular weight excluding hydrogens is 183 g/mol. The minimum atomic E-state index is -2.29. The van der Waals surface area contributed by atoms with Crippen LogP contribution in [0.2, 0.25) is 0 Å². The molecule has 1 rings (SSSR count). The standard InChI is InChI=1S/C10H15BF2N/c1-8(2)10-4-5-14(6-9(10)3)7-11(12)13/h4-6,8H,7H2,1-3H3/q+1. The Labute approximate surface area is 83.9 Å². The highest BCUT2D eigenvalue weighted by atomic mass is 19.2. The molecule has 0 unspecified atom stereocenters. The van der Waals surface area contributed by atoms with Crippen molar-refractivity contribution in [2.24, 2.45) is 0 Å². The Kier molecular flexibility index (Phi) is 3.61. The predicted octanol–water partition coefficient (Wildman–Crippen LogP) is 2.37. The lowest BCUT2D eigenvalue weighted by Gasteiger charge is -2.07. The zero-order chi connectivity index (χ0) is 10.7. The number of halogens is 2. The van der Waals surface area contributed by atoms with Crippen LogP contribution in [-0.4, -0.2) is 7.27 Å². The molecular formula is C10H15BF2N+. The van der Waals surface area contributed by atoms with Crippen LogP contribution in [-0.2, 0) is 6.44 Å². The highest BCUT2D eigenvalue weighted by Gasteiger charge is 2.20. The molecule has 14 heavy (non-hydrogen) atoms. The zero-order valence-corrected chi connectivity index (χ0v) is 8.80. The van der Waals surface area contributed by atoms with Crippen molar-refractivity contribution in [2.75, 3.05) is 0 Å². The second-order valence-corrected chi connectivity index (χ2v) is 3.83. The van der Waals surface area contributed by atoms with Gasteiger partial charge in [-0.25, -0.2) is 4.57 Å². The molecule has 0 atom stereocenters. The van der Waals surface area contributed by atoms with Gasteiger partial charge in [-0.05, 0) is 18.4 Å². The van der Waals surface area contributed by atoms with E-state index in [1.165, 1.54) is 10.1 Å². The second-order valence-electron chi connectivity index (χ2n) is 3.83. The van der Waals surface area contributed by atoms with Crippen LogP contribution in [0.4, 0.5) is 8.63 Å². The summed E-state index contributed by atoms with van der Waals surface area (Å²) in [6.45, 7) is 6.15. The van der Waals surface area contributed by atoms with Crippen LogP contribution in [0.1, 0.15) is 30.9 Å². The van der Waals surface area contributed by atoms with E-state index in [-0.39, 0.29) is 6.44 Å². The molecule has 4 heteroatoms. The van der Waals surface area contributed by atoms with Gasteiger partial charge >= 0.3 is 7.27 Å². The molecule has 0 N–H and O–H groups in total. The van der Waals surface area contributed by atoms with Crippen molar-refractivity contribution in [3.05, 3.63) is 29.6 Å². The van der Waals surface area contributed by atoms with Gasteiger partial charge in [0.2, 0.25) is 0 Å². The van der Waals surface area contributed by atoms with E-state index in [4.69, 9.17) is 0 Å². The smallest absolute Gasteiger partial charge is 0.280 e. The maximum Gasteiger partial charge on any atom is 0.604 e. The van der Waals surface area contributed by atoms with Gasteiger partial charge < -0.3 is 0 Å². The maximum absolute atomic E-state index is 12.1. The Morgan fingerprint density at radius 3 is 2.50 bits per heavy atom. The summed E-state index contributed by atoms with van der Waals surface area (Å²) in [6, 6.07) is 1.92. The van der Waals surface area contributed by atoms with E-state index in [0.717, 1.165) is 5.56 Å². The fourth-order valence-corrected chi connectivity index (χ4v) is 1.59. The average Bonchev–Trinajstić information content (AvgIpc) is 2.01. The molecule has 76 valence electrons. The number of hydrogen-bond donors (Lipinski definition) is 0. The highest BCUT2D eigenvalue weighted by Crippen LogP contribution is 2.16. The summed E-state index contributed by atoms with van der Waals surface area (Å²) in [5.41, 5.74) is 2.29. The monoisotopic (exact) mass is 198 g/mol. The minimum Gasteiger partial charge on any atom is -0.280 e. The Hall–Kier alpha value is -0.925. The van der Waals surface area contributed by atoms with E-state index in [1.807, 2.05) is 13.0 Å². The molecule has 0 aliphatic rings. The van der Waals surface area contributed by atoms with Crippen molar-refractivity contribution in [1.82, 2.24) is 0 Å². The molecule has 0 spiro atoms. The number of nitrogens with zero attached hydrogens (tertiary/aromatic N) is 1. The van der Waals surface area contributed by atoms with Crippen molar-refractivity contribution in [2.45, 2.75) is 33.1 Å². The SMILES string of the molecule is Cc1c[n+](CB(F)F)ccc1C(C)C. The Balaban J connectivity index is 2.89. The largest absolute Gasteiger partial charge is 0.604 e. The van der Waals surface area contributed by atoms with Gasteiger partial charge in [0.25, 0.3) is 0 Å². The molecule has 0 saturated carbocycles. The van der Waals surface area contributed by atoms with Gasteiger partial charge in [-0.1, -0.05) is 13.8 Å². The minimum absolute atomic E-state index is 0.223. The molecule has 1 aromatic rings. The van der Waals surface area contributed by atoms with Crippen molar-refractivity contribution < 1.29 is 13.2 Å². The first-order chi connectivity index (χ1) is 6.50. The molecule has 1 aromatic heterocycles. The Morgan fingerprint density at radius 2 is 2.07 bits per heavy atom. The average molecular weight is 198 g/mol. The van der Waals surface area contributed by atoms with Gasteiger partial charge in [0.15, 0.2) is 18.8 Å². The third-order valence-electron chi connectivity index (χ3n) is 2.23. The van der Waals surface area contributed by atoms with E-state index in [0.29, 0.717) is 5.92 Å². The van der Waals surface area contributed by atoms with Crippen molar-refractivity contribution in [3.8, 4) is 0 Å². The fraction of sp³-hybridized carbons (Fsp3) is 0.500. The lowest BCUT2D eigenvalue weighted by atomic mass is 9.97. The third kappa shape index (κ3) is 2.79. The van der Waals surface area contributed by atoms with E-state index in [2.05, 4.69) is 13.8 Å². The van der Waals surface area contributed by atoms with Crippen LogP contribution >= 0.6 is 0 Å². The molecule has 0 amide bonds. The lowest BCUT2D eigenvalue weighted by Crippen LogP contribution is -2.38. The summed E-state index contributed by atoms with van der Waals surface area (Å²) in [5.74, 6) is 0.441. The van der Waals surface area contributed by atoms with Gasteiger partial charge in [0.05, 0.1) is 0 Å². The number of rotatable bonds is 3. The van der Waals surface area contributed by atoms with Crippen LogP contribution < -0.4 is 4.57 Å². The quantitative estimate of drug-likeness (QED) is 0.518. The summed E-state index contributed by atoms with van der Waals surface area (Å²) in [6.07, 6.45) is 3.27. The van der Waals surface area contributed by atoms with Gasteiger partial charge in [-0.15, -0.1) is 0 Å². The van der Waals surface area contributed by atoms with Crippen molar-refractivity contribution in [1.29, 1.82) is 0 Å². The van der Waals surface area contributed by atoms with E-state index < -0.39 is 7.27 Å². The van der Waals surface area contributed by atoms with Gasteiger partial charge in [0, 0.05) is 11.6 Å². The highest BCUT2D eigenvalue weighted by molar-refractivity contribution is 6.40. The van der Waals surface area contributed by atoms with Gasteiger partial charge in [-0.2, -0.15) is 0 Å². The number of hydrogen-bond acceptors (Lipinski definition) is 0. The van der Waals surface area contributed by atoms with Crippen LogP contribution in [0.15, 0.2) is 18.5 Å². The molecule has 1 nitrogen and oxygen atoms in total. The maximum atomic E-state index is 12.1. The molecule has 1 heterocycles. The second kappa shape index (κ2) is 4.53. The van der Waals surface area contributed by atoms with Gasteiger partial charge in [-0.3, -0.25) is 8.63 Å². The van der Waals surface area contributed by atoms with E-state index >= 15 is 0 Å². The number of aromatic nitrogens is 1. The topological polar surface area (TPSA) is 3.88 Å². The van der Waals surface area contributed by atoms with Crippen LogP contribution in [0.25, 0.3) is 0 Å². The van der Waals surface area contributed by atoms with Crippen LogP contribution in [0.5, 0.6) is 0 Å². The van der Waals surface area contributed by atoms with Crippen molar-refractivity contribution in [3.63, 3.8) is 0 Å². The molecule has 0 saturated heterocycles. The predicted molar refractivity (Wildman–Crippen MR) is 53.4 cm³/mol. The fourth-order valence-electron chi connectivity index (χ4n) is 1.59. The van der Waals surface area contributed by atoms with E-state index in [1.54, 1.807) is 12.4 Å². The van der Waals surface area contributed by atoms with E-state index in [9.17, 15) is 8.63 Å². The number of aryl methyl sites for hydroxylation is 1. The summed E-state index contributed by atoms with van der Waals surface area (Å²) < 4.78 is 25.7. The molecule has 0 aliphatic heterocycles.